The van der Waals surface area contributed by atoms with E-state index in [-0.39, 0.29) is 5.69 Å². The minimum atomic E-state index is -0.403. The number of hydrogen-bond acceptors (Lipinski definition) is 3. The lowest BCUT2D eigenvalue weighted by atomic mass is 10.2. The van der Waals surface area contributed by atoms with Gasteiger partial charge in [0.1, 0.15) is 12.4 Å². The predicted octanol–water partition coefficient (Wildman–Crippen LogP) is 4.00. The highest BCUT2D eigenvalue weighted by atomic mass is 16.6. The second kappa shape index (κ2) is 6.52. The third-order valence-electron chi connectivity index (χ3n) is 2.76. The topological polar surface area (TPSA) is 52.4 Å². The quantitative estimate of drug-likeness (QED) is 0.609. The van der Waals surface area contributed by atoms with Gasteiger partial charge < -0.3 is 4.74 Å². The SMILES string of the molecule is Cc1ccc(OC/C=C\c2cccc([N+](=O)[O-])c2)cc1. The molecule has 0 aliphatic heterocycles. The summed E-state index contributed by atoms with van der Waals surface area (Å²) in [5, 5.41) is 10.7. The molecular weight excluding hydrogens is 254 g/mol. The first-order chi connectivity index (χ1) is 9.65. The van der Waals surface area contributed by atoms with Gasteiger partial charge in [0.15, 0.2) is 0 Å². The van der Waals surface area contributed by atoms with Gasteiger partial charge in [-0.2, -0.15) is 0 Å². The minimum absolute atomic E-state index is 0.0894. The number of ether oxygens (including phenoxy) is 1. The first kappa shape index (κ1) is 13.8. The van der Waals surface area contributed by atoms with Crippen molar-refractivity contribution in [1.29, 1.82) is 0 Å². The van der Waals surface area contributed by atoms with E-state index in [1.54, 1.807) is 12.1 Å². The molecule has 0 atom stereocenters. The summed E-state index contributed by atoms with van der Waals surface area (Å²) in [4.78, 5) is 10.2. The van der Waals surface area contributed by atoms with Crippen molar-refractivity contribution in [2.45, 2.75) is 6.92 Å². The Kier molecular flexibility index (Phi) is 4.50. The number of aryl methyl sites for hydroxylation is 1. The maximum Gasteiger partial charge on any atom is 0.270 e. The molecule has 0 radical (unpaired) electrons. The summed E-state index contributed by atoms with van der Waals surface area (Å²) in [5.74, 6) is 0.805. The van der Waals surface area contributed by atoms with Crippen molar-refractivity contribution in [3.8, 4) is 5.75 Å². The van der Waals surface area contributed by atoms with Gasteiger partial charge in [0.25, 0.3) is 5.69 Å². The van der Waals surface area contributed by atoms with Gasteiger partial charge >= 0.3 is 0 Å². The summed E-state index contributed by atoms with van der Waals surface area (Å²) in [6, 6.07) is 14.3. The van der Waals surface area contributed by atoms with Crippen LogP contribution in [0, 0.1) is 17.0 Å². The summed E-state index contributed by atoms with van der Waals surface area (Å²) < 4.78 is 5.54. The molecule has 102 valence electrons. The van der Waals surface area contributed by atoms with Crippen LogP contribution in [0.15, 0.2) is 54.6 Å². The fourth-order valence-corrected chi connectivity index (χ4v) is 1.71. The Labute approximate surface area is 117 Å². The zero-order valence-electron chi connectivity index (χ0n) is 11.2. The third kappa shape index (κ3) is 3.95. The largest absolute Gasteiger partial charge is 0.490 e. The molecule has 2 aromatic rings. The van der Waals surface area contributed by atoms with E-state index < -0.39 is 4.92 Å². The molecule has 20 heavy (non-hydrogen) atoms. The molecule has 2 rings (SSSR count). The number of nitrogens with zero attached hydrogens (tertiary/aromatic N) is 1. The molecule has 0 amide bonds. The fourth-order valence-electron chi connectivity index (χ4n) is 1.71. The van der Waals surface area contributed by atoms with Gasteiger partial charge in [-0.15, -0.1) is 0 Å². The zero-order chi connectivity index (χ0) is 14.4. The second-order valence-corrected chi connectivity index (χ2v) is 4.38. The van der Waals surface area contributed by atoms with E-state index in [2.05, 4.69) is 0 Å². The van der Waals surface area contributed by atoms with Crippen LogP contribution in [0.2, 0.25) is 0 Å². The molecule has 0 saturated carbocycles. The summed E-state index contributed by atoms with van der Waals surface area (Å²) in [6.45, 7) is 2.44. The van der Waals surface area contributed by atoms with Crippen molar-refractivity contribution in [3.63, 3.8) is 0 Å². The van der Waals surface area contributed by atoms with Gasteiger partial charge in [0.05, 0.1) is 4.92 Å². The smallest absolute Gasteiger partial charge is 0.270 e. The van der Waals surface area contributed by atoms with E-state index in [1.807, 2.05) is 43.3 Å². The highest BCUT2D eigenvalue weighted by molar-refractivity contribution is 5.53. The second-order valence-electron chi connectivity index (χ2n) is 4.38. The van der Waals surface area contributed by atoms with Gasteiger partial charge in [-0.05, 0) is 30.7 Å². The Hall–Kier alpha value is -2.62. The average molecular weight is 269 g/mol. The van der Waals surface area contributed by atoms with Crippen LogP contribution in [0.3, 0.4) is 0 Å². The van der Waals surface area contributed by atoms with Crippen molar-refractivity contribution >= 4 is 11.8 Å². The van der Waals surface area contributed by atoms with Gasteiger partial charge in [-0.1, -0.05) is 35.9 Å². The van der Waals surface area contributed by atoms with Crippen LogP contribution in [0.25, 0.3) is 6.08 Å². The Morgan fingerprint density at radius 3 is 2.65 bits per heavy atom. The molecule has 0 spiro atoms. The molecule has 0 bridgehead atoms. The first-order valence-electron chi connectivity index (χ1n) is 6.25. The van der Waals surface area contributed by atoms with Gasteiger partial charge in [0.2, 0.25) is 0 Å². The van der Waals surface area contributed by atoms with Crippen molar-refractivity contribution in [3.05, 3.63) is 75.8 Å². The van der Waals surface area contributed by atoms with Crippen LogP contribution >= 0.6 is 0 Å². The average Bonchev–Trinajstić information content (AvgIpc) is 2.46. The van der Waals surface area contributed by atoms with Crippen molar-refractivity contribution < 1.29 is 9.66 Å². The van der Waals surface area contributed by atoms with Gasteiger partial charge in [-0.3, -0.25) is 10.1 Å². The molecule has 0 fully saturated rings. The molecule has 0 aliphatic carbocycles. The highest BCUT2D eigenvalue weighted by Crippen LogP contribution is 2.14. The van der Waals surface area contributed by atoms with Gasteiger partial charge in [-0.25, -0.2) is 0 Å². The Balaban J connectivity index is 1.91. The number of nitro groups is 1. The van der Waals surface area contributed by atoms with Crippen LogP contribution in [-0.4, -0.2) is 11.5 Å². The van der Waals surface area contributed by atoms with Crippen molar-refractivity contribution in [2.24, 2.45) is 0 Å². The lowest BCUT2D eigenvalue weighted by Crippen LogP contribution is -1.93. The van der Waals surface area contributed by atoms with Crippen LogP contribution in [-0.2, 0) is 0 Å². The van der Waals surface area contributed by atoms with Crippen LogP contribution in [0.5, 0.6) is 5.75 Å². The van der Waals surface area contributed by atoms with E-state index in [9.17, 15) is 10.1 Å². The highest BCUT2D eigenvalue weighted by Gasteiger charge is 2.03. The van der Waals surface area contributed by atoms with Crippen molar-refractivity contribution in [1.82, 2.24) is 0 Å². The Morgan fingerprint density at radius 2 is 1.95 bits per heavy atom. The molecule has 4 heteroatoms. The molecular formula is C16H15NO3. The predicted molar refractivity (Wildman–Crippen MR) is 78.8 cm³/mol. The summed E-state index contributed by atoms with van der Waals surface area (Å²) in [5.41, 5.74) is 2.06. The third-order valence-corrected chi connectivity index (χ3v) is 2.76. The first-order valence-corrected chi connectivity index (χ1v) is 6.25. The van der Waals surface area contributed by atoms with Crippen molar-refractivity contribution in [2.75, 3.05) is 6.61 Å². The van der Waals surface area contributed by atoms with Gasteiger partial charge in [0, 0.05) is 12.1 Å². The molecule has 4 nitrogen and oxygen atoms in total. The van der Waals surface area contributed by atoms with E-state index in [0.717, 1.165) is 11.3 Å². The lowest BCUT2D eigenvalue weighted by molar-refractivity contribution is -0.384. The molecule has 2 aromatic carbocycles. The molecule has 0 unspecified atom stereocenters. The number of rotatable bonds is 5. The number of nitro benzene ring substituents is 1. The van der Waals surface area contributed by atoms with E-state index in [1.165, 1.54) is 17.7 Å². The summed E-state index contributed by atoms with van der Waals surface area (Å²) in [7, 11) is 0. The summed E-state index contributed by atoms with van der Waals surface area (Å²) in [6.07, 6.45) is 3.64. The number of benzene rings is 2. The molecule has 0 aromatic heterocycles. The standard InChI is InChI=1S/C16H15NO3/c1-13-7-9-16(10-8-13)20-11-3-5-14-4-2-6-15(12-14)17(18)19/h2-10,12H,11H2,1H3/b5-3-. The van der Waals surface area contributed by atoms with Crippen LogP contribution in [0.1, 0.15) is 11.1 Å². The monoisotopic (exact) mass is 269 g/mol. The number of non-ortho nitro benzene ring substituents is 1. The van der Waals surface area contributed by atoms with E-state index >= 15 is 0 Å². The fraction of sp³-hybridized carbons (Fsp3) is 0.125. The maximum atomic E-state index is 10.7. The Morgan fingerprint density at radius 1 is 1.20 bits per heavy atom. The van der Waals surface area contributed by atoms with E-state index in [0.29, 0.717) is 6.61 Å². The molecule has 0 aliphatic rings. The number of hydrogen-bond donors (Lipinski definition) is 0. The molecule has 0 N–H and O–H groups in total. The minimum Gasteiger partial charge on any atom is -0.490 e. The zero-order valence-corrected chi connectivity index (χ0v) is 11.2. The normalized spacial score (nSPS) is 10.7. The summed E-state index contributed by atoms with van der Waals surface area (Å²) >= 11 is 0. The molecule has 0 saturated heterocycles. The van der Waals surface area contributed by atoms with Crippen LogP contribution < -0.4 is 4.74 Å². The van der Waals surface area contributed by atoms with E-state index in [4.69, 9.17) is 4.74 Å². The Bertz CT molecular complexity index is 618. The molecule has 0 heterocycles. The lowest BCUT2D eigenvalue weighted by Gasteiger charge is -2.02. The maximum absolute atomic E-state index is 10.7. The van der Waals surface area contributed by atoms with Crippen LogP contribution in [0.4, 0.5) is 5.69 Å².